The largest absolute Gasteiger partial charge is 0.295 e. The topological polar surface area (TPSA) is 17.1 Å². The van der Waals surface area contributed by atoms with Gasteiger partial charge in [-0.1, -0.05) is 43.5 Å². The summed E-state index contributed by atoms with van der Waals surface area (Å²) < 4.78 is 0. The molecule has 0 unspecified atom stereocenters. The predicted octanol–water partition coefficient (Wildman–Crippen LogP) is 3.13. The fraction of sp³-hybridized carbons (Fsp3) is 0.154. The number of hydrogen-bond donors (Lipinski definition) is 0. The Kier molecular flexibility index (Phi) is 3.41. The molecule has 72 valence electrons. The zero-order chi connectivity index (χ0) is 10.6. The monoisotopic (exact) mass is 186 g/mol. The van der Waals surface area contributed by atoms with E-state index in [9.17, 15) is 4.79 Å². The van der Waals surface area contributed by atoms with Crippen LogP contribution in [0.4, 0.5) is 0 Å². The summed E-state index contributed by atoms with van der Waals surface area (Å²) in [5.74, 6) is 0.0415. The zero-order valence-electron chi connectivity index (χ0n) is 8.42. The lowest BCUT2D eigenvalue weighted by atomic mass is 9.96. The molecule has 0 saturated carbocycles. The van der Waals surface area contributed by atoms with Crippen LogP contribution in [0, 0.1) is 0 Å². The first-order valence-corrected chi connectivity index (χ1v) is 4.56. The summed E-state index contributed by atoms with van der Waals surface area (Å²) in [6, 6.07) is 0. The van der Waals surface area contributed by atoms with Crippen LogP contribution in [-0.2, 0) is 4.79 Å². The molecule has 0 heterocycles. The highest BCUT2D eigenvalue weighted by Gasteiger charge is 2.09. The third-order valence-electron chi connectivity index (χ3n) is 2.16. The highest BCUT2D eigenvalue weighted by atomic mass is 16.1. The van der Waals surface area contributed by atoms with E-state index in [0.29, 0.717) is 5.57 Å². The Hall–Kier alpha value is -1.63. The van der Waals surface area contributed by atoms with Gasteiger partial charge in [0.2, 0.25) is 0 Å². The van der Waals surface area contributed by atoms with Crippen molar-refractivity contribution in [1.29, 1.82) is 0 Å². The summed E-state index contributed by atoms with van der Waals surface area (Å²) in [6.07, 6.45) is 10.2. The molecule has 0 aliphatic heterocycles. The molecule has 1 rings (SSSR count). The number of rotatable bonds is 2. The highest BCUT2D eigenvalue weighted by molar-refractivity contribution is 5.97. The summed E-state index contributed by atoms with van der Waals surface area (Å²) in [4.78, 5) is 11.3. The molecule has 0 spiro atoms. The lowest BCUT2D eigenvalue weighted by Crippen LogP contribution is -1.99. The number of hydrogen-bond acceptors (Lipinski definition) is 1. The quantitative estimate of drug-likeness (QED) is 0.605. The van der Waals surface area contributed by atoms with E-state index >= 15 is 0 Å². The van der Waals surface area contributed by atoms with Gasteiger partial charge in [-0.2, -0.15) is 0 Å². The van der Waals surface area contributed by atoms with Gasteiger partial charge >= 0.3 is 0 Å². The number of carbonyl (C=O) groups excluding carboxylic acids is 1. The first kappa shape index (κ1) is 10.5. The molecule has 0 N–H and O–H groups in total. The molecule has 0 saturated heterocycles. The molecule has 0 radical (unpaired) electrons. The zero-order valence-corrected chi connectivity index (χ0v) is 8.42. The van der Waals surface area contributed by atoms with E-state index in [4.69, 9.17) is 0 Å². The van der Waals surface area contributed by atoms with Gasteiger partial charge in [-0.3, -0.25) is 4.79 Å². The summed E-state index contributed by atoms with van der Waals surface area (Å²) in [7, 11) is 0. The average molecular weight is 186 g/mol. The fourth-order valence-electron chi connectivity index (χ4n) is 1.43. The van der Waals surface area contributed by atoms with E-state index in [1.807, 2.05) is 24.3 Å². The Balaban J connectivity index is 3.21. The molecular weight excluding hydrogens is 172 g/mol. The second-order valence-electron chi connectivity index (χ2n) is 3.17. The Bertz CT molecular complexity index is 365. The van der Waals surface area contributed by atoms with Crippen LogP contribution >= 0.6 is 0 Å². The molecule has 14 heavy (non-hydrogen) atoms. The molecule has 0 aromatic carbocycles. The van der Waals surface area contributed by atoms with Gasteiger partial charge in [0.1, 0.15) is 0 Å². The molecule has 0 bridgehead atoms. The van der Waals surface area contributed by atoms with Gasteiger partial charge in [0, 0.05) is 5.57 Å². The van der Waals surface area contributed by atoms with E-state index in [-0.39, 0.29) is 5.78 Å². The van der Waals surface area contributed by atoms with E-state index in [1.54, 1.807) is 13.0 Å². The van der Waals surface area contributed by atoms with Crippen molar-refractivity contribution in [3.8, 4) is 0 Å². The summed E-state index contributed by atoms with van der Waals surface area (Å²) >= 11 is 0. The van der Waals surface area contributed by atoms with E-state index in [1.165, 1.54) is 0 Å². The van der Waals surface area contributed by atoms with Crippen LogP contribution < -0.4 is 0 Å². The van der Waals surface area contributed by atoms with Crippen molar-refractivity contribution in [2.45, 2.75) is 13.3 Å². The van der Waals surface area contributed by atoms with Gasteiger partial charge in [-0.25, -0.2) is 0 Å². The van der Waals surface area contributed by atoms with Crippen molar-refractivity contribution in [1.82, 2.24) is 0 Å². The van der Waals surface area contributed by atoms with Gasteiger partial charge < -0.3 is 0 Å². The highest BCUT2D eigenvalue weighted by Crippen LogP contribution is 2.22. The van der Waals surface area contributed by atoms with Gasteiger partial charge in [-0.05, 0) is 24.5 Å². The molecule has 0 amide bonds. The van der Waals surface area contributed by atoms with Crippen LogP contribution in [0.5, 0.6) is 0 Å². The van der Waals surface area contributed by atoms with Crippen molar-refractivity contribution in [3.05, 3.63) is 60.3 Å². The van der Waals surface area contributed by atoms with Crippen molar-refractivity contribution < 1.29 is 4.79 Å². The second-order valence-corrected chi connectivity index (χ2v) is 3.17. The molecule has 0 atom stereocenters. The lowest BCUT2D eigenvalue weighted by Gasteiger charge is -2.07. The van der Waals surface area contributed by atoms with Crippen LogP contribution in [-0.4, -0.2) is 5.78 Å². The predicted molar refractivity (Wildman–Crippen MR) is 59.9 cm³/mol. The Morgan fingerprint density at radius 3 is 2.79 bits per heavy atom. The first-order valence-electron chi connectivity index (χ1n) is 4.56. The van der Waals surface area contributed by atoms with Gasteiger partial charge in [0.25, 0.3) is 0 Å². The smallest absolute Gasteiger partial charge is 0.160 e. The molecular formula is C13H14O. The Morgan fingerprint density at radius 1 is 1.50 bits per heavy atom. The maximum atomic E-state index is 11.3. The molecule has 0 aromatic heterocycles. The maximum absolute atomic E-state index is 11.3. The SMILES string of the molecule is C=C/C(C(C)=O)=C1/CC=CC=CC1=C. The summed E-state index contributed by atoms with van der Waals surface area (Å²) in [5, 5.41) is 0. The van der Waals surface area contributed by atoms with Crippen LogP contribution in [0.15, 0.2) is 60.3 Å². The normalized spacial score (nSPS) is 19.1. The van der Waals surface area contributed by atoms with E-state index < -0.39 is 0 Å². The van der Waals surface area contributed by atoms with E-state index in [2.05, 4.69) is 13.2 Å². The van der Waals surface area contributed by atoms with Crippen molar-refractivity contribution in [2.24, 2.45) is 0 Å². The molecule has 0 fully saturated rings. The van der Waals surface area contributed by atoms with Crippen LogP contribution in [0.1, 0.15) is 13.3 Å². The number of carbonyl (C=O) groups is 1. The molecule has 0 aromatic rings. The molecule has 1 nitrogen and oxygen atoms in total. The third kappa shape index (κ3) is 2.19. The molecule has 1 aliphatic rings. The lowest BCUT2D eigenvalue weighted by molar-refractivity contribution is -0.113. The standard InChI is InChI=1S/C13H14O/c1-4-12(11(3)14)13-9-7-5-6-8-10(13)2/h4-8H,1-2,9H2,3H3/b13-12+. The van der Waals surface area contributed by atoms with Crippen LogP contribution in [0.3, 0.4) is 0 Å². The minimum absolute atomic E-state index is 0.0415. The van der Waals surface area contributed by atoms with Gasteiger partial charge in [0.05, 0.1) is 0 Å². The van der Waals surface area contributed by atoms with Gasteiger partial charge in [-0.15, -0.1) is 0 Å². The number of ketones is 1. The Morgan fingerprint density at radius 2 is 2.21 bits per heavy atom. The molecule has 1 heteroatoms. The fourth-order valence-corrected chi connectivity index (χ4v) is 1.43. The van der Waals surface area contributed by atoms with Crippen molar-refractivity contribution in [3.63, 3.8) is 0 Å². The summed E-state index contributed by atoms with van der Waals surface area (Å²) in [6.45, 7) is 9.13. The average Bonchev–Trinajstić information content (AvgIpc) is 2.33. The molecule has 1 aliphatic carbocycles. The van der Waals surface area contributed by atoms with Crippen molar-refractivity contribution >= 4 is 5.78 Å². The third-order valence-corrected chi connectivity index (χ3v) is 2.16. The van der Waals surface area contributed by atoms with Gasteiger partial charge in [0.15, 0.2) is 5.78 Å². The van der Waals surface area contributed by atoms with Crippen molar-refractivity contribution in [2.75, 3.05) is 0 Å². The number of Topliss-reactive ketones (excluding diaryl/α,β-unsaturated/α-hetero) is 1. The first-order chi connectivity index (χ1) is 6.66. The summed E-state index contributed by atoms with van der Waals surface area (Å²) in [5.41, 5.74) is 2.53. The second kappa shape index (κ2) is 4.56. The minimum Gasteiger partial charge on any atom is -0.295 e. The number of allylic oxidation sites excluding steroid dienone is 8. The van der Waals surface area contributed by atoms with E-state index in [0.717, 1.165) is 17.6 Å². The maximum Gasteiger partial charge on any atom is 0.160 e. The van der Waals surface area contributed by atoms with Crippen LogP contribution in [0.2, 0.25) is 0 Å². The van der Waals surface area contributed by atoms with Crippen LogP contribution in [0.25, 0.3) is 0 Å². The Labute approximate surface area is 84.8 Å². The minimum atomic E-state index is 0.0415.